The van der Waals surface area contributed by atoms with Crippen molar-refractivity contribution in [1.82, 2.24) is 5.32 Å². The second-order valence-corrected chi connectivity index (χ2v) is 5.12. The predicted octanol–water partition coefficient (Wildman–Crippen LogP) is 3.48. The smallest absolute Gasteiger partial charge is 0.146 e. The zero-order valence-electron chi connectivity index (χ0n) is 11.5. The van der Waals surface area contributed by atoms with Crippen LogP contribution in [-0.2, 0) is 0 Å². The van der Waals surface area contributed by atoms with E-state index in [4.69, 9.17) is 0 Å². The molecule has 2 nitrogen and oxygen atoms in total. The first-order valence-electron chi connectivity index (χ1n) is 6.90. The molecular formula is C15H23FN2. The number of benzene rings is 1. The lowest BCUT2D eigenvalue weighted by molar-refractivity contribution is 0.587. The van der Waals surface area contributed by atoms with E-state index >= 15 is 0 Å². The van der Waals surface area contributed by atoms with Gasteiger partial charge in [-0.25, -0.2) is 4.39 Å². The lowest BCUT2D eigenvalue weighted by Crippen LogP contribution is -2.29. The summed E-state index contributed by atoms with van der Waals surface area (Å²) >= 11 is 0. The predicted molar refractivity (Wildman–Crippen MR) is 74.5 cm³/mol. The summed E-state index contributed by atoms with van der Waals surface area (Å²) in [5.41, 5.74) is 1.78. The fourth-order valence-electron chi connectivity index (χ4n) is 2.77. The van der Waals surface area contributed by atoms with Gasteiger partial charge >= 0.3 is 0 Å². The molecule has 0 radical (unpaired) electrons. The van der Waals surface area contributed by atoms with Crippen LogP contribution in [0.3, 0.4) is 0 Å². The highest BCUT2D eigenvalue weighted by Crippen LogP contribution is 2.30. The molecule has 0 spiro atoms. The van der Waals surface area contributed by atoms with Crippen LogP contribution >= 0.6 is 0 Å². The Balaban J connectivity index is 2.24. The topological polar surface area (TPSA) is 15.3 Å². The van der Waals surface area contributed by atoms with E-state index in [1.807, 2.05) is 26.1 Å². The van der Waals surface area contributed by atoms with Crippen molar-refractivity contribution < 1.29 is 4.39 Å². The van der Waals surface area contributed by atoms with E-state index in [0.29, 0.717) is 6.04 Å². The van der Waals surface area contributed by atoms with Crippen molar-refractivity contribution >= 4 is 5.69 Å². The summed E-state index contributed by atoms with van der Waals surface area (Å²) in [6.45, 7) is 5.20. The summed E-state index contributed by atoms with van der Waals surface area (Å²) < 4.78 is 14.2. The van der Waals surface area contributed by atoms with Gasteiger partial charge < -0.3 is 10.2 Å². The van der Waals surface area contributed by atoms with Gasteiger partial charge in [0, 0.05) is 18.6 Å². The van der Waals surface area contributed by atoms with Gasteiger partial charge in [0.1, 0.15) is 5.82 Å². The third kappa shape index (κ3) is 2.51. The number of nitrogens with zero attached hydrogens (tertiary/aromatic N) is 1. The quantitative estimate of drug-likeness (QED) is 0.880. The lowest BCUT2D eigenvalue weighted by Gasteiger charge is -2.27. The van der Waals surface area contributed by atoms with Gasteiger partial charge in [-0.15, -0.1) is 0 Å². The Bertz CT molecular complexity index is 405. The van der Waals surface area contributed by atoms with Crippen LogP contribution in [0.15, 0.2) is 18.2 Å². The molecule has 1 aromatic rings. The second-order valence-electron chi connectivity index (χ2n) is 5.12. The summed E-state index contributed by atoms with van der Waals surface area (Å²) in [7, 11) is 1.89. The van der Waals surface area contributed by atoms with E-state index in [1.165, 1.54) is 12.8 Å². The van der Waals surface area contributed by atoms with Gasteiger partial charge in [0.15, 0.2) is 0 Å². The van der Waals surface area contributed by atoms with Crippen LogP contribution in [0.2, 0.25) is 0 Å². The molecule has 1 aromatic carbocycles. The molecular weight excluding hydrogens is 227 g/mol. The van der Waals surface area contributed by atoms with Gasteiger partial charge in [-0.2, -0.15) is 0 Å². The van der Waals surface area contributed by atoms with Gasteiger partial charge in [0.2, 0.25) is 0 Å². The van der Waals surface area contributed by atoms with Crippen LogP contribution in [0.25, 0.3) is 0 Å². The molecule has 1 aliphatic heterocycles. The minimum atomic E-state index is -0.0880. The minimum Gasteiger partial charge on any atom is -0.366 e. The molecule has 1 N–H and O–H groups in total. The highest BCUT2D eigenvalue weighted by molar-refractivity contribution is 5.51. The normalized spacial score (nSPS) is 21.3. The minimum absolute atomic E-state index is 0.0880. The number of hydrogen-bond donors (Lipinski definition) is 1. The summed E-state index contributed by atoms with van der Waals surface area (Å²) in [5, 5.41) is 3.14. The van der Waals surface area contributed by atoms with Crippen molar-refractivity contribution in [1.29, 1.82) is 0 Å². The van der Waals surface area contributed by atoms with Crippen LogP contribution in [0.1, 0.15) is 44.7 Å². The van der Waals surface area contributed by atoms with Crippen LogP contribution in [-0.4, -0.2) is 19.6 Å². The summed E-state index contributed by atoms with van der Waals surface area (Å²) in [6.07, 6.45) is 3.45. The molecule has 1 heterocycles. The third-order valence-corrected chi connectivity index (χ3v) is 4.06. The van der Waals surface area contributed by atoms with Crippen LogP contribution in [0.5, 0.6) is 0 Å². The molecule has 2 unspecified atom stereocenters. The van der Waals surface area contributed by atoms with Crippen molar-refractivity contribution in [3.05, 3.63) is 29.6 Å². The van der Waals surface area contributed by atoms with Gasteiger partial charge in [-0.05, 0) is 50.9 Å². The maximum atomic E-state index is 14.2. The van der Waals surface area contributed by atoms with Crippen molar-refractivity contribution in [3.63, 3.8) is 0 Å². The molecule has 18 heavy (non-hydrogen) atoms. The monoisotopic (exact) mass is 250 g/mol. The molecule has 1 saturated heterocycles. The first-order chi connectivity index (χ1) is 8.67. The van der Waals surface area contributed by atoms with Crippen LogP contribution in [0, 0.1) is 5.82 Å². The molecule has 0 aromatic heterocycles. The Hall–Kier alpha value is -1.09. The van der Waals surface area contributed by atoms with E-state index in [0.717, 1.165) is 24.2 Å². The SMILES string of the molecule is CCC1CCCN1c1ccc(C(C)NC)cc1F. The Kier molecular flexibility index (Phi) is 4.23. The number of hydrogen-bond acceptors (Lipinski definition) is 2. The average Bonchev–Trinajstić information content (AvgIpc) is 2.85. The Morgan fingerprint density at radius 1 is 1.50 bits per heavy atom. The zero-order chi connectivity index (χ0) is 13.1. The van der Waals surface area contributed by atoms with Crippen molar-refractivity contribution in [3.8, 4) is 0 Å². The Morgan fingerprint density at radius 2 is 2.28 bits per heavy atom. The van der Waals surface area contributed by atoms with E-state index in [1.54, 1.807) is 6.07 Å². The van der Waals surface area contributed by atoms with Gasteiger partial charge in [0.05, 0.1) is 5.69 Å². The van der Waals surface area contributed by atoms with Crippen molar-refractivity contribution in [2.75, 3.05) is 18.5 Å². The standard InChI is InChI=1S/C15H23FN2/c1-4-13-6-5-9-18(13)15-8-7-12(10-14(15)16)11(2)17-3/h7-8,10-11,13,17H,4-6,9H2,1-3H3. The zero-order valence-corrected chi connectivity index (χ0v) is 11.5. The van der Waals surface area contributed by atoms with E-state index < -0.39 is 0 Å². The molecule has 1 aliphatic rings. The van der Waals surface area contributed by atoms with Crippen molar-refractivity contribution in [2.45, 2.75) is 45.2 Å². The fourth-order valence-corrected chi connectivity index (χ4v) is 2.77. The maximum absolute atomic E-state index is 14.2. The molecule has 3 heteroatoms. The Labute approximate surface area is 109 Å². The average molecular weight is 250 g/mol. The summed E-state index contributed by atoms with van der Waals surface area (Å²) in [5.74, 6) is -0.0880. The van der Waals surface area contributed by atoms with E-state index in [2.05, 4.69) is 17.1 Å². The molecule has 2 rings (SSSR count). The van der Waals surface area contributed by atoms with Crippen LogP contribution < -0.4 is 10.2 Å². The molecule has 2 atom stereocenters. The van der Waals surface area contributed by atoms with Crippen LogP contribution in [0.4, 0.5) is 10.1 Å². The van der Waals surface area contributed by atoms with E-state index in [-0.39, 0.29) is 11.9 Å². The second kappa shape index (κ2) is 5.70. The molecule has 0 bridgehead atoms. The molecule has 0 saturated carbocycles. The van der Waals surface area contributed by atoms with Gasteiger partial charge in [0.25, 0.3) is 0 Å². The summed E-state index contributed by atoms with van der Waals surface area (Å²) in [6, 6.07) is 6.33. The number of halogens is 1. The molecule has 1 fully saturated rings. The lowest BCUT2D eigenvalue weighted by atomic mass is 10.1. The van der Waals surface area contributed by atoms with E-state index in [9.17, 15) is 4.39 Å². The highest BCUT2D eigenvalue weighted by Gasteiger charge is 2.25. The fraction of sp³-hybridized carbons (Fsp3) is 0.600. The number of nitrogens with one attached hydrogen (secondary N) is 1. The molecule has 100 valence electrons. The first-order valence-corrected chi connectivity index (χ1v) is 6.90. The summed E-state index contributed by atoms with van der Waals surface area (Å²) in [4.78, 5) is 2.23. The van der Waals surface area contributed by atoms with Gasteiger partial charge in [-0.1, -0.05) is 13.0 Å². The third-order valence-electron chi connectivity index (χ3n) is 4.06. The first kappa shape index (κ1) is 13.3. The highest BCUT2D eigenvalue weighted by atomic mass is 19.1. The maximum Gasteiger partial charge on any atom is 0.146 e. The Morgan fingerprint density at radius 3 is 2.89 bits per heavy atom. The number of rotatable bonds is 4. The molecule has 0 amide bonds. The number of anilines is 1. The largest absolute Gasteiger partial charge is 0.366 e. The molecule has 0 aliphatic carbocycles. The van der Waals surface area contributed by atoms with Crippen molar-refractivity contribution in [2.24, 2.45) is 0 Å². The van der Waals surface area contributed by atoms with Gasteiger partial charge in [-0.3, -0.25) is 0 Å².